The van der Waals surface area contributed by atoms with Crippen LogP contribution in [0.2, 0.25) is 0 Å². The molecule has 0 saturated heterocycles. The van der Waals surface area contributed by atoms with Gasteiger partial charge in [0.2, 0.25) is 0 Å². The molecule has 0 saturated carbocycles. The van der Waals surface area contributed by atoms with Crippen molar-refractivity contribution in [3.8, 4) is 0 Å². The molecule has 2 unspecified atom stereocenters. The summed E-state index contributed by atoms with van der Waals surface area (Å²) in [5.41, 5.74) is 0.401. The minimum absolute atomic E-state index is 0.120. The predicted molar refractivity (Wildman–Crippen MR) is 85.9 cm³/mol. The lowest BCUT2D eigenvalue weighted by Gasteiger charge is -2.29. The van der Waals surface area contributed by atoms with E-state index in [0.29, 0.717) is 0 Å². The highest BCUT2D eigenvalue weighted by atomic mass is 16.6. The normalized spacial score (nSPS) is 13.8. The predicted octanol–water partition coefficient (Wildman–Crippen LogP) is 2.66. The Hall–Kier alpha value is -2.08. The van der Waals surface area contributed by atoms with Gasteiger partial charge in [-0.15, -0.1) is 0 Å². The van der Waals surface area contributed by atoms with Crippen molar-refractivity contribution in [2.45, 2.75) is 52.0 Å². The Morgan fingerprint density at radius 2 is 1.78 bits per heavy atom. The maximum Gasteiger partial charge on any atom is 0.408 e. The van der Waals surface area contributed by atoms with Gasteiger partial charge in [-0.05, 0) is 33.3 Å². The van der Waals surface area contributed by atoms with Gasteiger partial charge in [0.1, 0.15) is 6.61 Å². The van der Waals surface area contributed by atoms with E-state index in [9.17, 15) is 9.59 Å². The molecule has 6 nitrogen and oxygen atoms in total. The van der Waals surface area contributed by atoms with Gasteiger partial charge in [-0.25, -0.2) is 9.59 Å². The molecule has 0 bridgehead atoms. The van der Waals surface area contributed by atoms with E-state index in [1.165, 1.54) is 7.11 Å². The van der Waals surface area contributed by atoms with Gasteiger partial charge in [0.05, 0.1) is 18.8 Å². The lowest BCUT2D eigenvalue weighted by atomic mass is 10.1. The fourth-order valence-electron chi connectivity index (χ4n) is 2.01. The van der Waals surface area contributed by atoms with Gasteiger partial charge in [0.25, 0.3) is 0 Å². The highest BCUT2D eigenvalue weighted by Crippen LogP contribution is 2.14. The topological polar surface area (TPSA) is 73.9 Å². The number of hydrogen-bond acceptors (Lipinski definition) is 5. The van der Waals surface area contributed by atoms with Crippen molar-refractivity contribution in [2.75, 3.05) is 7.11 Å². The lowest BCUT2D eigenvalue weighted by Crippen LogP contribution is -2.51. The second-order valence-electron chi connectivity index (χ2n) is 6.14. The van der Waals surface area contributed by atoms with Crippen LogP contribution >= 0.6 is 0 Å². The molecule has 23 heavy (non-hydrogen) atoms. The molecule has 0 spiro atoms. The molecule has 6 heteroatoms. The van der Waals surface area contributed by atoms with Crippen molar-refractivity contribution < 1.29 is 23.8 Å². The Morgan fingerprint density at radius 3 is 2.30 bits per heavy atom. The third-order valence-electron chi connectivity index (χ3n) is 2.95. The van der Waals surface area contributed by atoms with Crippen molar-refractivity contribution in [3.63, 3.8) is 0 Å². The number of benzene rings is 1. The highest BCUT2D eigenvalue weighted by Gasteiger charge is 2.31. The molecule has 0 fully saturated rings. The molecule has 0 aliphatic carbocycles. The van der Waals surface area contributed by atoms with Crippen molar-refractivity contribution in [1.82, 2.24) is 5.32 Å². The van der Waals surface area contributed by atoms with Gasteiger partial charge >= 0.3 is 12.1 Å². The summed E-state index contributed by atoms with van der Waals surface area (Å²) in [6.45, 7) is 7.42. The first-order valence-electron chi connectivity index (χ1n) is 7.46. The Bertz CT molecular complexity index is 509. The monoisotopic (exact) mass is 323 g/mol. The molecular formula is C17H25NO5. The van der Waals surface area contributed by atoms with Crippen molar-refractivity contribution >= 4 is 12.1 Å². The van der Waals surface area contributed by atoms with Gasteiger partial charge in [0, 0.05) is 0 Å². The van der Waals surface area contributed by atoms with Crippen LogP contribution in [-0.4, -0.2) is 36.9 Å². The van der Waals surface area contributed by atoms with Crippen LogP contribution < -0.4 is 5.32 Å². The number of carbonyl (C=O) groups is 2. The average molecular weight is 323 g/mol. The van der Waals surface area contributed by atoms with Crippen molar-refractivity contribution in [2.24, 2.45) is 0 Å². The Balaban J connectivity index is 2.62. The molecule has 1 aromatic carbocycles. The first-order chi connectivity index (χ1) is 10.7. The smallest absolute Gasteiger partial charge is 0.408 e. The number of hydrogen-bond donors (Lipinski definition) is 1. The molecular weight excluding hydrogens is 298 g/mol. The van der Waals surface area contributed by atoms with Crippen LogP contribution in [0.15, 0.2) is 30.3 Å². The minimum Gasteiger partial charge on any atom is -0.467 e. The fraction of sp³-hybridized carbons (Fsp3) is 0.529. The maximum absolute atomic E-state index is 11.9. The molecule has 128 valence electrons. The van der Waals surface area contributed by atoms with Crippen LogP contribution in [0.25, 0.3) is 0 Å². The summed E-state index contributed by atoms with van der Waals surface area (Å²) in [4.78, 5) is 23.8. The zero-order valence-electron chi connectivity index (χ0n) is 14.3. The molecule has 1 aromatic rings. The molecule has 1 amide bonds. The van der Waals surface area contributed by atoms with Crippen LogP contribution in [-0.2, 0) is 25.6 Å². The molecule has 1 N–H and O–H groups in total. The summed E-state index contributed by atoms with van der Waals surface area (Å²) in [7, 11) is 1.26. The summed E-state index contributed by atoms with van der Waals surface area (Å²) in [6, 6.07) is 8.33. The molecule has 1 rings (SSSR count). The van der Waals surface area contributed by atoms with Crippen LogP contribution in [0.4, 0.5) is 4.79 Å². The second-order valence-corrected chi connectivity index (χ2v) is 6.14. The fourth-order valence-corrected chi connectivity index (χ4v) is 2.01. The summed E-state index contributed by atoms with van der Waals surface area (Å²) in [6.07, 6.45) is -1.26. The van der Waals surface area contributed by atoms with Crippen LogP contribution in [0, 0.1) is 0 Å². The number of rotatable bonds is 6. The molecule has 2 atom stereocenters. The third kappa shape index (κ3) is 7.15. The zero-order valence-corrected chi connectivity index (χ0v) is 14.3. The van der Waals surface area contributed by atoms with Crippen LogP contribution in [0.5, 0.6) is 0 Å². The average Bonchev–Trinajstić information content (AvgIpc) is 2.49. The van der Waals surface area contributed by atoms with Gasteiger partial charge in [0.15, 0.2) is 6.04 Å². The molecule has 0 radical (unpaired) electrons. The minimum atomic E-state index is -0.942. The number of amides is 1. The summed E-state index contributed by atoms with van der Waals surface area (Å²) in [5.74, 6) is -0.585. The van der Waals surface area contributed by atoms with E-state index < -0.39 is 29.8 Å². The number of alkyl carbamates (subject to hydrolysis) is 1. The Kier molecular flexibility index (Phi) is 7.03. The first-order valence-corrected chi connectivity index (χ1v) is 7.46. The summed E-state index contributed by atoms with van der Waals surface area (Å²) in [5, 5.41) is 2.50. The second kappa shape index (κ2) is 8.53. The third-order valence-corrected chi connectivity index (χ3v) is 2.95. The summed E-state index contributed by atoms with van der Waals surface area (Å²) >= 11 is 0. The van der Waals surface area contributed by atoms with Gasteiger partial charge < -0.3 is 19.5 Å². The van der Waals surface area contributed by atoms with Gasteiger partial charge in [-0.1, -0.05) is 30.3 Å². The van der Waals surface area contributed by atoms with Crippen LogP contribution in [0.1, 0.15) is 33.3 Å². The van der Waals surface area contributed by atoms with E-state index in [4.69, 9.17) is 14.2 Å². The first kappa shape index (κ1) is 19.0. The SMILES string of the molecule is COC(=O)C(NC(=O)OCc1ccccc1)C(C)OC(C)(C)C. The zero-order chi connectivity index (χ0) is 17.5. The van der Waals surface area contributed by atoms with E-state index >= 15 is 0 Å². The van der Waals surface area contributed by atoms with Gasteiger partial charge in [-0.3, -0.25) is 0 Å². The van der Waals surface area contributed by atoms with Crippen molar-refractivity contribution in [3.05, 3.63) is 35.9 Å². The van der Waals surface area contributed by atoms with E-state index in [1.54, 1.807) is 6.92 Å². The van der Waals surface area contributed by atoms with Crippen LogP contribution in [0.3, 0.4) is 0 Å². The number of ether oxygens (including phenoxy) is 3. The molecule has 0 heterocycles. The number of esters is 1. The quantitative estimate of drug-likeness (QED) is 0.815. The van der Waals surface area contributed by atoms with Crippen molar-refractivity contribution in [1.29, 1.82) is 0 Å². The van der Waals surface area contributed by atoms with Gasteiger partial charge in [-0.2, -0.15) is 0 Å². The summed E-state index contributed by atoms with van der Waals surface area (Å²) < 4.78 is 15.6. The number of nitrogens with one attached hydrogen (secondary N) is 1. The van der Waals surface area contributed by atoms with E-state index in [2.05, 4.69) is 5.32 Å². The van der Waals surface area contributed by atoms with E-state index in [0.717, 1.165) is 5.56 Å². The number of carbonyl (C=O) groups excluding carboxylic acids is 2. The maximum atomic E-state index is 11.9. The standard InChI is InChI=1S/C17H25NO5/c1-12(23-17(2,3)4)14(15(19)21-5)18-16(20)22-11-13-9-7-6-8-10-13/h6-10,12,14H,11H2,1-5H3,(H,18,20). The lowest BCUT2D eigenvalue weighted by molar-refractivity contribution is -0.150. The molecule has 0 aromatic heterocycles. The molecule has 0 aliphatic heterocycles. The van der Waals surface area contributed by atoms with E-state index in [-0.39, 0.29) is 6.61 Å². The number of methoxy groups -OCH3 is 1. The van der Waals surface area contributed by atoms with E-state index in [1.807, 2.05) is 51.1 Å². The Morgan fingerprint density at radius 1 is 1.17 bits per heavy atom. The highest BCUT2D eigenvalue weighted by molar-refractivity contribution is 5.81. The Labute approximate surface area is 137 Å². The molecule has 0 aliphatic rings. The largest absolute Gasteiger partial charge is 0.467 e.